The summed E-state index contributed by atoms with van der Waals surface area (Å²) in [5.41, 5.74) is 1.51. The summed E-state index contributed by atoms with van der Waals surface area (Å²) in [5.74, 6) is -1.16. The Morgan fingerprint density at radius 3 is 2.21 bits per heavy atom. The number of non-ortho nitro benzene ring substituents is 1. The van der Waals surface area contributed by atoms with Crippen LogP contribution in [0, 0.1) is 17.0 Å². The molecular weight excluding hydrogens is 332 g/mol. The molecule has 2 aromatic rings. The number of nitrogens with zero attached hydrogens (tertiary/aromatic N) is 2. The van der Waals surface area contributed by atoms with Crippen molar-refractivity contribution >= 4 is 40.4 Å². The van der Waals surface area contributed by atoms with Gasteiger partial charge in [0.2, 0.25) is 0 Å². The molecule has 0 bridgehead atoms. The average molecular weight is 343 g/mol. The van der Waals surface area contributed by atoms with E-state index >= 15 is 0 Å². The smallest absolute Gasteiger partial charge is 0.268 e. The zero-order valence-electron chi connectivity index (χ0n) is 12.5. The average Bonchev–Trinajstić information content (AvgIpc) is 2.78. The van der Waals surface area contributed by atoms with Crippen LogP contribution in [0.15, 0.2) is 53.6 Å². The van der Waals surface area contributed by atoms with E-state index in [2.05, 4.69) is 0 Å². The lowest BCUT2D eigenvalue weighted by Crippen LogP contribution is -2.31. The van der Waals surface area contributed by atoms with Gasteiger partial charge in [0.05, 0.1) is 16.2 Å². The predicted octanol–water partition coefficient (Wildman–Crippen LogP) is 3.43. The first kappa shape index (κ1) is 15.9. The standard InChI is InChI=1S/C17H11ClN2O4/c1-10-4-2-3-5-13(10)19-16(21)14(15(18)17(19)22)11-6-8-12(9-7-11)20(23)24/h2-9H,1H3. The van der Waals surface area contributed by atoms with Gasteiger partial charge >= 0.3 is 0 Å². The van der Waals surface area contributed by atoms with Crippen LogP contribution in [0.1, 0.15) is 11.1 Å². The molecule has 0 radical (unpaired) electrons. The molecular formula is C17H11ClN2O4. The molecule has 3 rings (SSSR count). The summed E-state index contributed by atoms with van der Waals surface area (Å²) < 4.78 is 0. The Morgan fingerprint density at radius 2 is 1.62 bits per heavy atom. The molecule has 120 valence electrons. The molecule has 0 spiro atoms. The fraction of sp³-hybridized carbons (Fsp3) is 0.0588. The fourth-order valence-electron chi connectivity index (χ4n) is 2.54. The first-order valence-electron chi connectivity index (χ1n) is 7.01. The number of nitro benzene ring substituents is 1. The van der Waals surface area contributed by atoms with Crippen molar-refractivity contribution in [1.82, 2.24) is 0 Å². The molecule has 0 aromatic heterocycles. The summed E-state index contributed by atoms with van der Waals surface area (Å²) in [4.78, 5) is 36.4. The number of aryl methyl sites for hydroxylation is 1. The summed E-state index contributed by atoms with van der Waals surface area (Å²) in [6, 6.07) is 12.3. The van der Waals surface area contributed by atoms with Crippen LogP contribution in [0.25, 0.3) is 5.57 Å². The number of hydrogen-bond acceptors (Lipinski definition) is 4. The molecule has 0 unspecified atom stereocenters. The Hall–Kier alpha value is -2.99. The number of halogens is 1. The van der Waals surface area contributed by atoms with E-state index in [4.69, 9.17) is 11.6 Å². The zero-order valence-corrected chi connectivity index (χ0v) is 13.3. The van der Waals surface area contributed by atoms with Crippen molar-refractivity contribution in [3.8, 4) is 0 Å². The summed E-state index contributed by atoms with van der Waals surface area (Å²) in [6.07, 6.45) is 0. The molecule has 0 N–H and O–H groups in total. The minimum Gasteiger partial charge on any atom is -0.268 e. The highest BCUT2D eigenvalue weighted by Gasteiger charge is 2.39. The number of para-hydroxylation sites is 1. The van der Waals surface area contributed by atoms with E-state index in [0.29, 0.717) is 11.3 Å². The molecule has 1 aliphatic heterocycles. The maximum atomic E-state index is 12.7. The highest BCUT2D eigenvalue weighted by Crippen LogP contribution is 2.36. The Morgan fingerprint density at radius 1 is 1.00 bits per heavy atom. The van der Waals surface area contributed by atoms with Crippen LogP contribution in [0.4, 0.5) is 11.4 Å². The third-order valence-corrected chi connectivity index (χ3v) is 4.10. The Kier molecular flexibility index (Phi) is 3.91. The van der Waals surface area contributed by atoms with Crippen molar-refractivity contribution in [3.63, 3.8) is 0 Å². The van der Waals surface area contributed by atoms with Crippen molar-refractivity contribution < 1.29 is 14.5 Å². The van der Waals surface area contributed by atoms with Crippen LogP contribution in [0.3, 0.4) is 0 Å². The molecule has 0 saturated carbocycles. The fourth-order valence-corrected chi connectivity index (χ4v) is 2.81. The van der Waals surface area contributed by atoms with Crippen LogP contribution in [-0.2, 0) is 9.59 Å². The SMILES string of the molecule is Cc1ccccc1N1C(=O)C(Cl)=C(c2ccc([N+](=O)[O-])cc2)C1=O. The maximum absolute atomic E-state index is 12.7. The van der Waals surface area contributed by atoms with Crippen molar-refractivity contribution in [1.29, 1.82) is 0 Å². The summed E-state index contributed by atoms with van der Waals surface area (Å²) in [5, 5.41) is 10.5. The number of amides is 2. The van der Waals surface area contributed by atoms with E-state index in [1.54, 1.807) is 31.2 Å². The summed E-state index contributed by atoms with van der Waals surface area (Å²) in [7, 11) is 0. The Balaban J connectivity index is 2.04. The van der Waals surface area contributed by atoms with E-state index in [1.165, 1.54) is 24.3 Å². The number of anilines is 1. The Bertz CT molecular complexity index is 903. The third-order valence-electron chi connectivity index (χ3n) is 3.75. The summed E-state index contributed by atoms with van der Waals surface area (Å²) >= 11 is 6.09. The van der Waals surface area contributed by atoms with E-state index in [9.17, 15) is 19.7 Å². The van der Waals surface area contributed by atoms with Crippen molar-refractivity contribution in [3.05, 3.63) is 74.8 Å². The zero-order chi connectivity index (χ0) is 17.4. The third kappa shape index (κ3) is 2.47. The van der Waals surface area contributed by atoms with Gasteiger partial charge in [0.15, 0.2) is 0 Å². The van der Waals surface area contributed by atoms with Crippen LogP contribution < -0.4 is 4.90 Å². The highest BCUT2D eigenvalue weighted by molar-refractivity contribution is 6.60. The van der Waals surface area contributed by atoms with E-state index in [0.717, 1.165) is 10.5 Å². The number of rotatable bonds is 3. The van der Waals surface area contributed by atoms with Crippen LogP contribution in [0.5, 0.6) is 0 Å². The normalized spacial score (nSPS) is 14.5. The van der Waals surface area contributed by atoms with Crippen molar-refractivity contribution in [2.75, 3.05) is 4.90 Å². The molecule has 24 heavy (non-hydrogen) atoms. The lowest BCUT2D eigenvalue weighted by molar-refractivity contribution is -0.384. The molecule has 0 fully saturated rings. The second-order valence-electron chi connectivity index (χ2n) is 5.23. The van der Waals surface area contributed by atoms with E-state index in [-0.39, 0.29) is 16.3 Å². The van der Waals surface area contributed by atoms with Gasteiger partial charge in [0, 0.05) is 12.1 Å². The van der Waals surface area contributed by atoms with Crippen LogP contribution in [-0.4, -0.2) is 16.7 Å². The molecule has 6 nitrogen and oxygen atoms in total. The van der Waals surface area contributed by atoms with Gasteiger partial charge in [0.25, 0.3) is 17.5 Å². The highest BCUT2D eigenvalue weighted by atomic mass is 35.5. The largest absolute Gasteiger partial charge is 0.277 e. The molecule has 2 aromatic carbocycles. The van der Waals surface area contributed by atoms with Gasteiger partial charge in [-0.25, -0.2) is 4.90 Å². The molecule has 0 aliphatic carbocycles. The minimum absolute atomic E-state index is 0.0415. The van der Waals surface area contributed by atoms with Gasteiger partial charge in [-0.3, -0.25) is 19.7 Å². The lowest BCUT2D eigenvalue weighted by atomic mass is 10.1. The van der Waals surface area contributed by atoms with E-state index < -0.39 is 16.7 Å². The van der Waals surface area contributed by atoms with E-state index in [1.807, 2.05) is 0 Å². The molecule has 1 aliphatic rings. The van der Waals surface area contributed by atoms with Crippen molar-refractivity contribution in [2.24, 2.45) is 0 Å². The molecule has 2 amide bonds. The van der Waals surface area contributed by atoms with Gasteiger partial charge in [-0.1, -0.05) is 29.8 Å². The topological polar surface area (TPSA) is 80.5 Å². The predicted molar refractivity (Wildman–Crippen MR) is 89.5 cm³/mol. The monoisotopic (exact) mass is 342 g/mol. The van der Waals surface area contributed by atoms with Crippen LogP contribution in [0.2, 0.25) is 0 Å². The van der Waals surface area contributed by atoms with Gasteiger partial charge < -0.3 is 0 Å². The number of carbonyl (C=O) groups is 2. The van der Waals surface area contributed by atoms with Crippen LogP contribution >= 0.6 is 11.6 Å². The number of imide groups is 1. The van der Waals surface area contributed by atoms with Gasteiger partial charge in [0.1, 0.15) is 5.03 Å². The summed E-state index contributed by atoms with van der Waals surface area (Å²) in [6.45, 7) is 1.79. The second-order valence-corrected chi connectivity index (χ2v) is 5.60. The minimum atomic E-state index is -0.607. The van der Waals surface area contributed by atoms with Crippen molar-refractivity contribution in [2.45, 2.75) is 6.92 Å². The maximum Gasteiger partial charge on any atom is 0.277 e. The quantitative estimate of drug-likeness (QED) is 0.486. The molecule has 1 heterocycles. The Labute approximate surface area is 142 Å². The molecule has 0 atom stereocenters. The number of hydrogen-bond donors (Lipinski definition) is 0. The number of benzene rings is 2. The molecule has 7 heteroatoms. The van der Waals surface area contributed by atoms with Gasteiger partial charge in [-0.2, -0.15) is 0 Å². The lowest BCUT2D eigenvalue weighted by Gasteiger charge is -2.17. The van der Waals surface area contributed by atoms with Gasteiger partial charge in [-0.15, -0.1) is 0 Å². The second kappa shape index (κ2) is 5.90. The number of nitro groups is 1. The molecule has 0 saturated heterocycles. The first-order valence-corrected chi connectivity index (χ1v) is 7.38. The first-order chi connectivity index (χ1) is 11.4. The van der Waals surface area contributed by atoms with Gasteiger partial charge in [-0.05, 0) is 36.2 Å². The number of carbonyl (C=O) groups excluding carboxylic acids is 2.